The van der Waals surface area contributed by atoms with E-state index in [1.807, 2.05) is 21.0 Å². The molecule has 14 heteroatoms. The average molecular weight is 624 g/mol. The standard InChI is InChI=1S/C20H38B4IO7PS/c1-11(2)28-10-18-16(32-33(26,27)34)8-20(31-18)24-22-14(6)13(5)21-23-19-7-15(29-12(3)4)17(9-25)30-19/h11-20H,7-10H2,1-6H3,(H2,26,27,34). The minimum absolute atomic E-state index is 0.0426. The Bertz CT molecular complexity index is 650. The molecule has 34 heavy (non-hydrogen) atoms. The van der Waals surface area contributed by atoms with Crippen LogP contribution < -0.4 is 0 Å². The molecule has 7 nitrogen and oxygen atoms in total. The van der Waals surface area contributed by atoms with Crippen LogP contribution in [0, 0.1) is 0 Å². The molecule has 8 atom stereocenters. The van der Waals surface area contributed by atoms with Crippen molar-refractivity contribution in [1.29, 1.82) is 0 Å². The number of halogens is 1. The van der Waals surface area contributed by atoms with E-state index in [2.05, 4.69) is 83.6 Å². The van der Waals surface area contributed by atoms with E-state index in [0.717, 1.165) is 10.8 Å². The number of alkyl halides is 1. The quantitative estimate of drug-likeness (QED) is 0.125. The van der Waals surface area contributed by atoms with Crippen LogP contribution in [0.4, 0.5) is 0 Å². The lowest BCUT2D eigenvalue weighted by molar-refractivity contribution is -0.0435. The summed E-state index contributed by atoms with van der Waals surface area (Å²) < 4.78 is 30.2. The van der Waals surface area contributed by atoms with E-state index in [1.165, 1.54) is 0 Å². The first-order valence-electron chi connectivity index (χ1n) is 12.1. The molecule has 2 fully saturated rings. The minimum atomic E-state index is -3.78. The Morgan fingerprint density at radius 3 is 1.91 bits per heavy atom. The van der Waals surface area contributed by atoms with Crippen molar-refractivity contribution in [2.75, 3.05) is 11.0 Å². The van der Waals surface area contributed by atoms with Crippen LogP contribution in [0.3, 0.4) is 0 Å². The zero-order valence-electron chi connectivity index (χ0n) is 21.1. The van der Waals surface area contributed by atoms with E-state index >= 15 is 0 Å². The van der Waals surface area contributed by atoms with Crippen molar-refractivity contribution in [2.45, 2.75) is 115 Å². The van der Waals surface area contributed by atoms with E-state index < -0.39 is 18.9 Å². The molecule has 0 spiro atoms. The van der Waals surface area contributed by atoms with Gasteiger partial charge in [0.05, 0.1) is 51.5 Å². The summed E-state index contributed by atoms with van der Waals surface area (Å²) in [6.45, 7) is 8.91. The average Bonchev–Trinajstić information content (AvgIpc) is 3.29. The molecule has 2 N–H and O–H groups in total. The van der Waals surface area contributed by atoms with Crippen molar-refractivity contribution in [2.24, 2.45) is 0 Å². The van der Waals surface area contributed by atoms with Gasteiger partial charge in [-0.15, -0.1) is 0 Å². The topological polar surface area (TPSA) is 86.6 Å². The van der Waals surface area contributed by atoms with Crippen molar-refractivity contribution in [1.82, 2.24) is 0 Å². The lowest BCUT2D eigenvalue weighted by Crippen LogP contribution is -2.31. The van der Waals surface area contributed by atoms with Crippen molar-refractivity contribution in [3.8, 4) is 0 Å². The van der Waals surface area contributed by atoms with Gasteiger partial charge in [-0.2, -0.15) is 0 Å². The highest BCUT2D eigenvalue weighted by Crippen LogP contribution is 2.42. The molecule has 0 aromatic carbocycles. The van der Waals surface area contributed by atoms with E-state index in [4.69, 9.17) is 23.5 Å². The number of ether oxygens (including phenoxy) is 4. The fourth-order valence-corrected chi connectivity index (χ4v) is 5.72. The van der Waals surface area contributed by atoms with Crippen LogP contribution in [0.2, 0.25) is 11.6 Å². The van der Waals surface area contributed by atoms with Gasteiger partial charge in [0.25, 0.3) is 0 Å². The normalized spacial score (nSPS) is 31.6. The zero-order valence-corrected chi connectivity index (χ0v) is 24.9. The lowest BCUT2D eigenvalue weighted by atomic mass is 9.23. The Morgan fingerprint density at radius 2 is 1.44 bits per heavy atom. The molecule has 0 bridgehead atoms. The summed E-state index contributed by atoms with van der Waals surface area (Å²) in [7, 11) is 8.56. The van der Waals surface area contributed by atoms with Gasteiger partial charge in [0.2, 0.25) is 0 Å². The number of hydrogen-bond donors (Lipinski definition) is 2. The molecule has 4 radical (unpaired) electrons. The molecule has 2 heterocycles. The van der Waals surface area contributed by atoms with Crippen LogP contribution in [0.5, 0.6) is 0 Å². The summed E-state index contributed by atoms with van der Waals surface area (Å²) in [6.07, 6.45) is 1.02. The van der Waals surface area contributed by atoms with Gasteiger partial charge in [-0.05, 0) is 52.3 Å². The van der Waals surface area contributed by atoms with Crippen molar-refractivity contribution >= 4 is 69.8 Å². The molecule has 0 amide bonds. The van der Waals surface area contributed by atoms with E-state index in [0.29, 0.717) is 18.8 Å². The molecule has 2 rings (SSSR count). The molecule has 2 aliphatic heterocycles. The first-order chi connectivity index (χ1) is 15.9. The molecular weight excluding hydrogens is 585 g/mol. The Hall–Kier alpha value is 1.36. The van der Waals surface area contributed by atoms with Crippen molar-refractivity contribution in [3.63, 3.8) is 0 Å². The van der Waals surface area contributed by atoms with Gasteiger partial charge >= 0.3 is 6.72 Å². The summed E-state index contributed by atoms with van der Waals surface area (Å²) in [5.74, 6) is 0.605. The predicted molar refractivity (Wildman–Crippen MR) is 152 cm³/mol. The third-order valence-electron chi connectivity index (χ3n) is 6.01. The summed E-state index contributed by atoms with van der Waals surface area (Å²) in [6, 6.07) is -0.110. The molecule has 2 aliphatic rings. The van der Waals surface area contributed by atoms with Crippen LogP contribution in [-0.4, -0.2) is 98.1 Å². The summed E-state index contributed by atoms with van der Waals surface area (Å²) >= 11 is 7.03. The third kappa shape index (κ3) is 11.4. The summed E-state index contributed by atoms with van der Waals surface area (Å²) in [5.41, 5.74) is 0. The minimum Gasteiger partial charge on any atom is -0.381 e. The van der Waals surface area contributed by atoms with Gasteiger partial charge < -0.3 is 33.3 Å². The highest BCUT2D eigenvalue weighted by molar-refractivity contribution is 14.1. The van der Waals surface area contributed by atoms with Crippen LogP contribution in [0.15, 0.2) is 0 Å². The largest absolute Gasteiger partial charge is 0.381 e. The van der Waals surface area contributed by atoms with Gasteiger partial charge in [0, 0.05) is 16.4 Å². The van der Waals surface area contributed by atoms with E-state index in [1.54, 1.807) is 0 Å². The fraction of sp³-hybridized carbons (Fsp3) is 1.00. The Kier molecular flexibility index (Phi) is 14.0. The maximum absolute atomic E-state index is 9.61. The van der Waals surface area contributed by atoms with Crippen LogP contribution in [0.25, 0.3) is 0 Å². The second-order valence-electron chi connectivity index (χ2n) is 9.78. The monoisotopic (exact) mass is 624 g/mol. The van der Waals surface area contributed by atoms with Crippen LogP contribution >= 0.6 is 29.3 Å². The smallest absolute Gasteiger partial charge is 0.322 e. The molecular formula is C20H38B4IO7PS. The highest BCUT2D eigenvalue weighted by atomic mass is 127. The second-order valence-corrected chi connectivity index (χ2v) is 13.3. The van der Waals surface area contributed by atoms with Crippen molar-refractivity contribution in [3.05, 3.63) is 0 Å². The molecule has 0 saturated carbocycles. The number of hydrogen-bond acceptors (Lipinski definition) is 6. The lowest BCUT2D eigenvalue weighted by Gasteiger charge is -2.22. The van der Waals surface area contributed by atoms with Crippen LogP contribution in [0.1, 0.15) is 54.4 Å². The van der Waals surface area contributed by atoms with Gasteiger partial charge in [-0.25, -0.2) is 0 Å². The number of rotatable bonds is 15. The maximum atomic E-state index is 9.61. The summed E-state index contributed by atoms with van der Waals surface area (Å²) in [5, 5.41) is 0. The van der Waals surface area contributed by atoms with Gasteiger partial charge in [-0.3, -0.25) is 0 Å². The summed E-state index contributed by atoms with van der Waals surface area (Å²) in [4.78, 5) is 19.2. The second kappa shape index (κ2) is 15.1. The molecule has 190 valence electrons. The molecule has 8 unspecified atom stereocenters. The highest BCUT2D eigenvalue weighted by Gasteiger charge is 2.39. The molecule has 0 aliphatic carbocycles. The zero-order chi connectivity index (χ0) is 25.5. The van der Waals surface area contributed by atoms with Crippen LogP contribution in [-0.2, 0) is 35.3 Å². The van der Waals surface area contributed by atoms with E-state index in [9.17, 15) is 9.79 Å². The van der Waals surface area contributed by atoms with E-state index in [-0.39, 0.29) is 42.2 Å². The Balaban J connectivity index is 1.76. The maximum Gasteiger partial charge on any atom is 0.322 e. The first-order valence-corrected chi connectivity index (χ1v) is 16.3. The van der Waals surface area contributed by atoms with Gasteiger partial charge in [0.1, 0.15) is 20.4 Å². The van der Waals surface area contributed by atoms with Gasteiger partial charge in [-0.1, -0.05) is 48.1 Å². The predicted octanol–water partition coefficient (Wildman–Crippen LogP) is 2.73. The molecule has 0 aromatic rings. The third-order valence-corrected chi connectivity index (χ3v) is 7.68. The van der Waals surface area contributed by atoms with Crippen molar-refractivity contribution < 1.29 is 33.3 Å². The van der Waals surface area contributed by atoms with Gasteiger partial charge in [0.15, 0.2) is 0 Å². The SMILES string of the molecule is CC(C)OCC1OC([B][B]C(C)C(C)[B][B]C2CC(OC(C)C)C(CI)O2)CC1OP(O)(O)=S. The first kappa shape index (κ1) is 31.6. The molecule has 0 aromatic heterocycles. The fourth-order valence-electron chi connectivity index (χ4n) is 4.04. The Labute approximate surface area is 227 Å². The Morgan fingerprint density at radius 1 is 0.912 bits per heavy atom. The molecule has 2 saturated heterocycles.